The molecule has 2 aromatic rings. The lowest BCUT2D eigenvalue weighted by Gasteiger charge is -2.28. The van der Waals surface area contributed by atoms with Crippen LogP contribution in [0.25, 0.3) is 0 Å². The minimum Gasteiger partial charge on any atom is -0.496 e. The molecule has 1 amide bonds. The summed E-state index contributed by atoms with van der Waals surface area (Å²) >= 11 is 0. The predicted octanol–water partition coefficient (Wildman–Crippen LogP) is 1.74. The van der Waals surface area contributed by atoms with Crippen molar-refractivity contribution in [1.29, 1.82) is 0 Å². The van der Waals surface area contributed by atoms with Crippen LogP contribution in [0.2, 0.25) is 0 Å². The van der Waals surface area contributed by atoms with Crippen molar-refractivity contribution in [1.82, 2.24) is 15.3 Å². The first kappa shape index (κ1) is 18.7. The summed E-state index contributed by atoms with van der Waals surface area (Å²) in [7, 11) is 1.64. The minimum atomic E-state index is -0.0416. The van der Waals surface area contributed by atoms with Gasteiger partial charge >= 0.3 is 0 Å². The predicted molar refractivity (Wildman–Crippen MR) is 105 cm³/mol. The Hall–Kier alpha value is -2.67. The van der Waals surface area contributed by atoms with E-state index in [2.05, 4.69) is 15.2 Å². The third-order valence-corrected chi connectivity index (χ3v) is 5.45. The van der Waals surface area contributed by atoms with Crippen LogP contribution in [0, 0.1) is 5.92 Å². The molecule has 2 heterocycles. The number of nitrogens with zero attached hydrogens (tertiary/aromatic N) is 3. The maximum absolute atomic E-state index is 12.7. The number of carbonyl (C=O) groups excluding carboxylic acids is 1. The van der Waals surface area contributed by atoms with Crippen molar-refractivity contribution in [3.05, 3.63) is 47.3 Å². The summed E-state index contributed by atoms with van der Waals surface area (Å²) in [5.41, 5.74) is 3.14. The van der Waals surface area contributed by atoms with Gasteiger partial charge in [0.2, 0.25) is 11.9 Å². The van der Waals surface area contributed by atoms with E-state index in [1.807, 2.05) is 30.5 Å². The van der Waals surface area contributed by atoms with Crippen molar-refractivity contribution in [2.24, 2.45) is 5.92 Å². The van der Waals surface area contributed by atoms with E-state index < -0.39 is 0 Å². The highest BCUT2D eigenvalue weighted by molar-refractivity contribution is 5.79. The fraction of sp³-hybridized carbons (Fsp3) is 0.476. The Morgan fingerprint density at radius 3 is 2.96 bits per heavy atom. The van der Waals surface area contributed by atoms with Crippen LogP contribution >= 0.6 is 0 Å². The number of benzene rings is 1. The third-order valence-electron chi connectivity index (χ3n) is 5.45. The first-order valence-electron chi connectivity index (χ1n) is 9.81. The van der Waals surface area contributed by atoms with E-state index in [1.54, 1.807) is 7.11 Å². The molecule has 0 bridgehead atoms. The smallest absolute Gasteiger partial charge is 0.225 e. The van der Waals surface area contributed by atoms with Gasteiger partial charge < -0.3 is 19.7 Å². The quantitative estimate of drug-likeness (QED) is 0.849. The molecular weight excluding hydrogens is 356 g/mol. The Bertz CT molecular complexity index is 836. The van der Waals surface area contributed by atoms with Crippen LogP contribution in [-0.4, -0.2) is 49.3 Å². The summed E-state index contributed by atoms with van der Waals surface area (Å²) in [6.07, 6.45) is 4.20. The first-order valence-corrected chi connectivity index (χ1v) is 9.81. The molecular formula is C21H26N4O3. The molecule has 7 nitrogen and oxygen atoms in total. The average molecular weight is 382 g/mol. The summed E-state index contributed by atoms with van der Waals surface area (Å²) < 4.78 is 10.7. The highest BCUT2D eigenvalue weighted by Crippen LogP contribution is 2.26. The van der Waals surface area contributed by atoms with E-state index in [0.717, 1.165) is 67.7 Å². The molecule has 7 heteroatoms. The Kier molecular flexibility index (Phi) is 5.71. The van der Waals surface area contributed by atoms with E-state index in [9.17, 15) is 4.79 Å². The second-order valence-corrected chi connectivity index (χ2v) is 7.21. The molecule has 0 radical (unpaired) electrons. The lowest BCUT2D eigenvalue weighted by atomic mass is 9.86. The van der Waals surface area contributed by atoms with Crippen molar-refractivity contribution in [2.45, 2.75) is 25.8 Å². The van der Waals surface area contributed by atoms with E-state index >= 15 is 0 Å². The fourth-order valence-electron chi connectivity index (χ4n) is 3.81. The standard InChI is InChI=1S/C21H26N4O3/c1-27-19-5-3-2-4-16(19)13-22-20(26)15-6-7-18-17(12-15)14-23-21(24-18)25-8-10-28-11-9-25/h2-5,14-15H,6-13H2,1H3,(H,22,26)/t15-/m0/s1. The van der Waals surface area contributed by atoms with Crippen molar-refractivity contribution >= 4 is 11.9 Å². The second-order valence-electron chi connectivity index (χ2n) is 7.21. The lowest BCUT2D eigenvalue weighted by molar-refractivity contribution is -0.125. The molecule has 1 fully saturated rings. The molecule has 1 aromatic heterocycles. The number of aromatic nitrogens is 2. The van der Waals surface area contributed by atoms with Crippen LogP contribution in [0.4, 0.5) is 5.95 Å². The number of hydrogen-bond acceptors (Lipinski definition) is 6. The van der Waals surface area contributed by atoms with Crippen LogP contribution in [-0.2, 0) is 28.9 Å². The monoisotopic (exact) mass is 382 g/mol. The topological polar surface area (TPSA) is 76.6 Å². The molecule has 1 N–H and O–H groups in total. The lowest BCUT2D eigenvalue weighted by Crippen LogP contribution is -2.38. The Morgan fingerprint density at radius 1 is 1.32 bits per heavy atom. The third kappa shape index (κ3) is 4.09. The number of rotatable bonds is 5. The second kappa shape index (κ2) is 8.56. The van der Waals surface area contributed by atoms with Gasteiger partial charge in [-0.2, -0.15) is 0 Å². The van der Waals surface area contributed by atoms with Crippen molar-refractivity contribution in [3.63, 3.8) is 0 Å². The molecule has 1 aliphatic heterocycles. The van der Waals surface area contributed by atoms with Gasteiger partial charge in [0, 0.05) is 43.0 Å². The molecule has 1 saturated heterocycles. The molecule has 28 heavy (non-hydrogen) atoms. The number of aryl methyl sites for hydroxylation is 1. The highest BCUT2D eigenvalue weighted by atomic mass is 16.5. The van der Waals surface area contributed by atoms with Gasteiger partial charge in [-0.3, -0.25) is 4.79 Å². The zero-order valence-corrected chi connectivity index (χ0v) is 16.2. The largest absolute Gasteiger partial charge is 0.496 e. The molecule has 1 aromatic carbocycles. The summed E-state index contributed by atoms with van der Waals surface area (Å²) in [5.74, 6) is 1.61. The van der Waals surface area contributed by atoms with Gasteiger partial charge in [0.1, 0.15) is 5.75 Å². The number of fused-ring (bicyclic) bond motifs is 1. The molecule has 0 spiro atoms. The van der Waals surface area contributed by atoms with Crippen molar-refractivity contribution in [2.75, 3.05) is 38.3 Å². The zero-order chi connectivity index (χ0) is 19.3. The first-order chi connectivity index (χ1) is 13.7. The number of ether oxygens (including phenoxy) is 2. The van der Waals surface area contributed by atoms with Gasteiger partial charge in [-0.1, -0.05) is 18.2 Å². The summed E-state index contributed by atoms with van der Waals surface area (Å²) in [6, 6.07) is 7.75. The van der Waals surface area contributed by atoms with Gasteiger partial charge in [-0.25, -0.2) is 9.97 Å². The van der Waals surface area contributed by atoms with Gasteiger partial charge in [0.15, 0.2) is 0 Å². The number of methoxy groups -OCH3 is 1. The Morgan fingerprint density at radius 2 is 2.14 bits per heavy atom. The van der Waals surface area contributed by atoms with Crippen LogP contribution in [0.1, 0.15) is 23.2 Å². The van der Waals surface area contributed by atoms with Crippen molar-refractivity contribution < 1.29 is 14.3 Å². The van der Waals surface area contributed by atoms with E-state index in [4.69, 9.17) is 14.5 Å². The fourth-order valence-corrected chi connectivity index (χ4v) is 3.81. The maximum atomic E-state index is 12.7. The van der Waals surface area contributed by atoms with Crippen LogP contribution in [0.3, 0.4) is 0 Å². The van der Waals surface area contributed by atoms with Crippen molar-refractivity contribution in [3.8, 4) is 5.75 Å². The van der Waals surface area contributed by atoms with Gasteiger partial charge in [0.25, 0.3) is 0 Å². The minimum absolute atomic E-state index is 0.0416. The van der Waals surface area contributed by atoms with Gasteiger partial charge in [-0.05, 0) is 30.9 Å². The number of morpholine rings is 1. The highest BCUT2D eigenvalue weighted by Gasteiger charge is 2.27. The number of nitrogens with one attached hydrogen (secondary N) is 1. The molecule has 4 rings (SSSR count). The van der Waals surface area contributed by atoms with E-state index in [1.165, 1.54) is 0 Å². The maximum Gasteiger partial charge on any atom is 0.225 e. The van der Waals surface area contributed by atoms with Gasteiger partial charge in [-0.15, -0.1) is 0 Å². The Labute approximate surface area is 165 Å². The molecule has 2 aliphatic rings. The number of hydrogen-bond donors (Lipinski definition) is 1. The number of para-hydroxylation sites is 1. The SMILES string of the molecule is COc1ccccc1CNC(=O)[C@H]1CCc2nc(N3CCOCC3)ncc2C1. The summed E-state index contributed by atoms with van der Waals surface area (Å²) in [5, 5.41) is 3.06. The van der Waals surface area contributed by atoms with E-state index in [0.29, 0.717) is 13.0 Å². The van der Waals surface area contributed by atoms with E-state index in [-0.39, 0.29) is 11.8 Å². The van der Waals surface area contributed by atoms with Crippen LogP contribution in [0.15, 0.2) is 30.5 Å². The van der Waals surface area contributed by atoms with Gasteiger partial charge in [0.05, 0.1) is 20.3 Å². The molecule has 1 atom stereocenters. The number of carbonyl (C=O) groups is 1. The summed E-state index contributed by atoms with van der Waals surface area (Å²) in [6.45, 7) is 3.56. The average Bonchev–Trinajstić information content (AvgIpc) is 2.77. The molecule has 148 valence electrons. The summed E-state index contributed by atoms with van der Waals surface area (Å²) in [4.78, 5) is 24.1. The molecule has 0 saturated carbocycles. The zero-order valence-electron chi connectivity index (χ0n) is 16.2. The van der Waals surface area contributed by atoms with Crippen LogP contribution < -0.4 is 15.0 Å². The molecule has 1 aliphatic carbocycles. The normalized spacial score (nSPS) is 19.0. The number of anilines is 1. The number of amides is 1. The van der Waals surface area contributed by atoms with Crippen LogP contribution in [0.5, 0.6) is 5.75 Å². The Balaban J connectivity index is 1.37. The molecule has 0 unspecified atom stereocenters.